The minimum absolute atomic E-state index is 0.0530. The number of carbonyl (C=O) groups is 2. The Kier molecular flexibility index (Phi) is 5.83. The van der Waals surface area contributed by atoms with Crippen LogP contribution in [-0.4, -0.2) is 23.5 Å². The van der Waals surface area contributed by atoms with Crippen molar-refractivity contribution in [2.45, 2.75) is 51.9 Å². The molecule has 0 radical (unpaired) electrons. The first-order valence-electron chi connectivity index (χ1n) is 8.34. The number of hydrogen-bond acceptors (Lipinski definition) is 2. The number of unbranched alkanes of at least 4 members (excludes halogenated alkanes) is 5. The van der Waals surface area contributed by atoms with Gasteiger partial charge in [-0.3, -0.25) is 9.59 Å². The summed E-state index contributed by atoms with van der Waals surface area (Å²) >= 11 is 0. The van der Waals surface area contributed by atoms with Crippen LogP contribution in [0, 0.1) is 23.7 Å². The molecule has 118 valence electrons. The lowest BCUT2D eigenvalue weighted by atomic mass is 9.82. The summed E-state index contributed by atoms with van der Waals surface area (Å²) < 4.78 is 0. The zero-order valence-electron chi connectivity index (χ0n) is 12.9. The van der Waals surface area contributed by atoms with Gasteiger partial charge in [-0.1, -0.05) is 51.2 Å². The zero-order chi connectivity index (χ0) is 15.2. The third-order valence-electron chi connectivity index (χ3n) is 4.88. The Morgan fingerprint density at radius 1 is 1.05 bits per heavy atom. The number of fused-ring (bicyclic) bond motifs is 2. The van der Waals surface area contributed by atoms with Gasteiger partial charge >= 0.3 is 5.97 Å². The standard InChI is InChI=1S/C17H27NO3/c1-2-3-4-5-6-7-10-18-16(19)14-12-8-9-13(11-12)15(14)17(20)21/h8-9,12-15H,2-7,10-11H2,1H3,(H,18,19)(H,20,21)/t12-,13+,14-,15+/m1/s1. The number of amides is 1. The van der Waals surface area contributed by atoms with Crippen molar-refractivity contribution in [1.29, 1.82) is 0 Å². The van der Waals surface area contributed by atoms with E-state index in [1.54, 1.807) is 0 Å². The maximum absolute atomic E-state index is 12.3. The first-order valence-corrected chi connectivity index (χ1v) is 8.34. The Morgan fingerprint density at radius 2 is 1.67 bits per heavy atom. The monoisotopic (exact) mass is 293 g/mol. The first kappa shape index (κ1) is 16.1. The summed E-state index contributed by atoms with van der Waals surface area (Å²) in [7, 11) is 0. The van der Waals surface area contributed by atoms with Crippen LogP contribution >= 0.6 is 0 Å². The number of carboxylic acids is 1. The second-order valence-corrected chi connectivity index (χ2v) is 6.40. The molecule has 1 amide bonds. The Labute approximate surface area is 127 Å². The predicted octanol–water partition coefficient (Wildman–Crippen LogP) is 2.99. The van der Waals surface area contributed by atoms with Crippen LogP contribution < -0.4 is 5.32 Å². The Bertz CT molecular complexity index is 405. The van der Waals surface area contributed by atoms with Crippen LogP contribution in [-0.2, 0) is 9.59 Å². The minimum Gasteiger partial charge on any atom is -0.481 e. The third-order valence-corrected chi connectivity index (χ3v) is 4.88. The second-order valence-electron chi connectivity index (χ2n) is 6.40. The van der Waals surface area contributed by atoms with E-state index in [-0.39, 0.29) is 23.7 Å². The van der Waals surface area contributed by atoms with E-state index in [0.29, 0.717) is 6.54 Å². The average Bonchev–Trinajstić information content (AvgIpc) is 3.06. The van der Waals surface area contributed by atoms with Gasteiger partial charge in [-0.15, -0.1) is 0 Å². The smallest absolute Gasteiger partial charge is 0.307 e. The van der Waals surface area contributed by atoms with Crippen molar-refractivity contribution < 1.29 is 14.7 Å². The highest BCUT2D eigenvalue weighted by Crippen LogP contribution is 2.48. The molecule has 0 aromatic carbocycles. The summed E-state index contributed by atoms with van der Waals surface area (Å²) in [6.45, 7) is 2.87. The SMILES string of the molecule is CCCCCCCCNC(=O)[C@H]1[C@@H](C(=O)O)[C@H]2C=C[C@@H]1C2. The van der Waals surface area contributed by atoms with Crippen molar-refractivity contribution in [2.75, 3.05) is 6.54 Å². The van der Waals surface area contributed by atoms with Gasteiger partial charge in [0, 0.05) is 6.54 Å². The van der Waals surface area contributed by atoms with Crippen LogP contribution in [0.15, 0.2) is 12.2 Å². The summed E-state index contributed by atoms with van der Waals surface area (Å²) in [6.07, 6.45) is 12.0. The van der Waals surface area contributed by atoms with Gasteiger partial charge in [-0.05, 0) is 24.7 Å². The van der Waals surface area contributed by atoms with Gasteiger partial charge in [0.2, 0.25) is 5.91 Å². The third kappa shape index (κ3) is 3.86. The second kappa shape index (κ2) is 7.62. The highest BCUT2D eigenvalue weighted by Gasteiger charge is 2.51. The van der Waals surface area contributed by atoms with Gasteiger partial charge < -0.3 is 10.4 Å². The summed E-state index contributed by atoms with van der Waals surface area (Å²) in [4.78, 5) is 23.6. The maximum Gasteiger partial charge on any atom is 0.307 e. The molecule has 4 nitrogen and oxygen atoms in total. The number of rotatable bonds is 9. The maximum atomic E-state index is 12.3. The van der Waals surface area contributed by atoms with Gasteiger partial charge in [0.05, 0.1) is 11.8 Å². The normalized spacial score (nSPS) is 29.8. The largest absolute Gasteiger partial charge is 0.481 e. The fraction of sp³-hybridized carbons (Fsp3) is 0.765. The number of nitrogens with one attached hydrogen (secondary N) is 1. The van der Waals surface area contributed by atoms with Gasteiger partial charge in [0.1, 0.15) is 0 Å². The lowest BCUT2D eigenvalue weighted by Gasteiger charge is -2.23. The molecule has 2 N–H and O–H groups in total. The summed E-state index contributed by atoms with van der Waals surface area (Å²) in [5.41, 5.74) is 0. The molecular formula is C17H27NO3. The molecule has 2 bridgehead atoms. The van der Waals surface area contributed by atoms with Crippen molar-refractivity contribution >= 4 is 11.9 Å². The minimum atomic E-state index is -0.827. The molecule has 0 aromatic heterocycles. The van der Waals surface area contributed by atoms with E-state index in [2.05, 4.69) is 12.2 Å². The fourth-order valence-electron chi connectivity index (χ4n) is 3.75. The Hall–Kier alpha value is -1.32. The molecule has 0 saturated heterocycles. The van der Waals surface area contributed by atoms with Crippen LogP contribution in [0.5, 0.6) is 0 Å². The van der Waals surface area contributed by atoms with Crippen molar-refractivity contribution in [3.8, 4) is 0 Å². The van der Waals surface area contributed by atoms with E-state index in [4.69, 9.17) is 0 Å². The van der Waals surface area contributed by atoms with Crippen molar-refractivity contribution in [2.24, 2.45) is 23.7 Å². The van der Waals surface area contributed by atoms with Crippen LogP contribution in [0.2, 0.25) is 0 Å². The molecule has 4 heteroatoms. The number of aliphatic carboxylic acids is 1. The Morgan fingerprint density at radius 3 is 2.33 bits per heavy atom. The number of hydrogen-bond donors (Lipinski definition) is 2. The van der Waals surface area contributed by atoms with Gasteiger partial charge in [-0.2, -0.15) is 0 Å². The van der Waals surface area contributed by atoms with E-state index >= 15 is 0 Å². The average molecular weight is 293 g/mol. The molecule has 0 unspecified atom stereocenters. The summed E-state index contributed by atoms with van der Waals surface area (Å²) in [6, 6.07) is 0. The predicted molar refractivity (Wildman–Crippen MR) is 81.7 cm³/mol. The molecule has 0 aromatic rings. The lowest BCUT2D eigenvalue weighted by molar-refractivity contribution is -0.147. The first-order chi connectivity index (χ1) is 10.1. The van der Waals surface area contributed by atoms with E-state index in [1.165, 1.54) is 25.7 Å². The summed E-state index contributed by atoms with van der Waals surface area (Å²) in [5, 5.41) is 12.3. The highest BCUT2D eigenvalue weighted by atomic mass is 16.4. The lowest BCUT2D eigenvalue weighted by Crippen LogP contribution is -2.40. The molecule has 1 fully saturated rings. The fourth-order valence-corrected chi connectivity index (χ4v) is 3.75. The van der Waals surface area contributed by atoms with E-state index in [9.17, 15) is 14.7 Å². The molecule has 0 spiro atoms. The van der Waals surface area contributed by atoms with E-state index in [0.717, 1.165) is 19.3 Å². The highest BCUT2D eigenvalue weighted by molar-refractivity contribution is 5.86. The topological polar surface area (TPSA) is 66.4 Å². The van der Waals surface area contributed by atoms with Gasteiger partial charge in [0.25, 0.3) is 0 Å². The van der Waals surface area contributed by atoms with Crippen molar-refractivity contribution in [1.82, 2.24) is 5.32 Å². The Balaban J connectivity index is 1.71. The van der Waals surface area contributed by atoms with E-state index < -0.39 is 11.9 Å². The van der Waals surface area contributed by atoms with Gasteiger partial charge in [0.15, 0.2) is 0 Å². The molecule has 21 heavy (non-hydrogen) atoms. The quantitative estimate of drug-likeness (QED) is 0.507. The molecule has 0 aliphatic heterocycles. The molecule has 2 aliphatic rings. The number of carbonyl (C=O) groups excluding carboxylic acids is 1. The van der Waals surface area contributed by atoms with E-state index in [1.807, 2.05) is 12.2 Å². The number of carboxylic acid groups (broad SMARTS) is 1. The zero-order valence-corrected chi connectivity index (χ0v) is 12.9. The van der Waals surface area contributed by atoms with Crippen LogP contribution in [0.3, 0.4) is 0 Å². The molecule has 2 aliphatic carbocycles. The molecule has 2 rings (SSSR count). The molecular weight excluding hydrogens is 266 g/mol. The number of allylic oxidation sites excluding steroid dienone is 2. The van der Waals surface area contributed by atoms with Crippen molar-refractivity contribution in [3.05, 3.63) is 12.2 Å². The molecule has 4 atom stereocenters. The van der Waals surface area contributed by atoms with Crippen LogP contribution in [0.25, 0.3) is 0 Å². The summed E-state index contributed by atoms with van der Waals surface area (Å²) in [5.74, 6) is -1.60. The molecule has 0 heterocycles. The van der Waals surface area contributed by atoms with Gasteiger partial charge in [-0.25, -0.2) is 0 Å². The molecule has 1 saturated carbocycles. The van der Waals surface area contributed by atoms with Crippen molar-refractivity contribution in [3.63, 3.8) is 0 Å². The van der Waals surface area contributed by atoms with Crippen LogP contribution in [0.1, 0.15) is 51.9 Å². The van der Waals surface area contributed by atoms with Crippen LogP contribution in [0.4, 0.5) is 0 Å².